The average molecular weight is 513 g/mol. The number of fused-ring (bicyclic) bond motifs is 1. The van der Waals surface area contributed by atoms with Crippen molar-refractivity contribution in [1.82, 2.24) is 9.97 Å². The van der Waals surface area contributed by atoms with Gasteiger partial charge in [0.1, 0.15) is 17.9 Å². The van der Waals surface area contributed by atoms with Crippen LogP contribution >= 0.6 is 23.4 Å². The first-order valence-electron chi connectivity index (χ1n) is 11.4. The van der Waals surface area contributed by atoms with E-state index in [1.807, 2.05) is 23.9 Å². The summed E-state index contributed by atoms with van der Waals surface area (Å²) < 4.78 is 30.5. The largest absolute Gasteiger partial charge is 0.434 e. The first kappa shape index (κ1) is 23.8. The lowest BCUT2D eigenvalue weighted by molar-refractivity contribution is -0.108. The van der Waals surface area contributed by atoms with Crippen LogP contribution in [0.1, 0.15) is 36.6 Å². The zero-order chi connectivity index (χ0) is 24.4. The molecule has 8 heteroatoms. The van der Waals surface area contributed by atoms with Crippen molar-refractivity contribution < 1.29 is 18.3 Å². The van der Waals surface area contributed by atoms with Gasteiger partial charge in [0.15, 0.2) is 0 Å². The molecule has 1 fully saturated rings. The fourth-order valence-corrected chi connectivity index (χ4v) is 5.46. The fourth-order valence-electron chi connectivity index (χ4n) is 4.11. The maximum atomic E-state index is 12.9. The van der Waals surface area contributed by atoms with Gasteiger partial charge in [-0.15, -0.1) is 11.8 Å². The second-order valence-electron chi connectivity index (χ2n) is 8.62. The van der Waals surface area contributed by atoms with Gasteiger partial charge in [0, 0.05) is 34.1 Å². The fraction of sp³-hybridized carbons (Fsp3) is 0.259. The summed E-state index contributed by atoms with van der Waals surface area (Å²) in [6, 6.07) is 18.3. The van der Waals surface area contributed by atoms with E-state index in [1.54, 1.807) is 30.3 Å². The number of ether oxygens (including phenoxy) is 1. The van der Waals surface area contributed by atoms with Crippen molar-refractivity contribution in [2.45, 2.75) is 36.7 Å². The molecule has 1 saturated carbocycles. The van der Waals surface area contributed by atoms with Crippen LogP contribution in [0.15, 0.2) is 65.6 Å². The standard InChI is InChI=1S/C27H23ClF2N2O2S/c28-22-14-24-23(13-21(22)20-3-1-2-4-25(20)34-27(29)30)31-26(32-24)19(11-12-33)17-7-9-18(10-8-17)35-15-16-5-6-16/h1-4,7-10,12-14,16,19,27H,5-6,11,15H2,(H,31,32). The predicted octanol–water partition coefficient (Wildman–Crippen LogP) is 7.71. The third kappa shape index (κ3) is 5.52. The van der Waals surface area contributed by atoms with Gasteiger partial charge in [-0.05, 0) is 54.7 Å². The molecule has 1 heterocycles. The molecule has 0 spiro atoms. The number of aromatic nitrogens is 2. The van der Waals surface area contributed by atoms with E-state index in [-0.39, 0.29) is 18.1 Å². The SMILES string of the molecule is O=CCC(c1ccc(SCC2CC2)cc1)c1nc2cc(-c3ccccc3OC(F)F)c(Cl)cc2[nH]1. The molecule has 1 aliphatic rings. The van der Waals surface area contributed by atoms with Crippen LogP contribution in [-0.4, -0.2) is 28.6 Å². The summed E-state index contributed by atoms with van der Waals surface area (Å²) in [4.78, 5) is 20.8. The number of carbonyl (C=O) groups excluding carboxylic acids is 1. The highest BCUT2D eigenvalue weighted by molar-refractivity contribution is 7.99. The Hall–Kier alpha value is -2.90. The minimum Gasteiger partial charge on any atom is -0.434 e. The van der Waals surface area contributed by atoms with E-state index >= 15 is 0 Å². The van der Waals surface area contributed by atoms with Crippen molar-refractivity contribution in [3.8, 4) is 16.9 Å². The van der Waals surface area contributed by atoms with Crippen LogP contribution in [0.25, 0.3) is 22.2 Å². The minimum absolute atomic E-state index is 0.0398. The van der Waals surface area contributed by atoms with Gasteiger partial charge in [-0.1, -0.05) is 41.9 Å². The van der Waals surface area contributed by atoms with Crippen LogP contribution in [0.2, 0.25) is 5.02 Å². The van der Waals surface area contributed by atoms with E-state index in [2.05, 4.69) is 21.9 Å². The number of aromatic amines is 1. The number of halogens is 3. The van der Waals surface area contributed by atoms with Crippen LogP contribution < -0.4 is 4.74 Å². The Balaban J connectivity index is 1.46. The number of rotatable bonds is 10. The molecule has 0 saturated heterocycles. The second-order valence-corrected chi connectivity index (χ2v) is 10.1. The van der Waals surface area contributed by atoms with E-state index in [1.165, 1.54) is 23.8 Å². The van der Waals surface area contributed by atoms with Crippen molar-refractivity contribution in [2.24, 2.45) is 5.92 Å². The highest BCUT2D eigenvalue weighted by atomic mass is 35.5. The zero-order valence-electron chi connectivity index (χ0n) is 18.7. The molecule has 1 aromatic heterocycles. The molecule has 1 atom stereocenters. The van der Waals surface area contributed by atoms with E-state index in [0.29, 0.717) is 33.0 Å². The molecule has 0 amide bonds. The number of benzene rings is 3. The molecule has 1 aliphatic carbocycles. The number of nitrogens with one attached hydrogen (secondary N) is 1. The Bertz CT molecular complexity index is 1340. The highest BCUT2D eigenvalue weighted by Crippen LogP contribution is 2.39. The average Bonchev–Trinajstić information content (AvgIpc) is 3.59. The molecule has 4 nitrogen and oxygen atoms in total. The van der Waals surface area contributed by atoms with Gasteiger partial charge in [0.25, 0.3) is 0 Å². The number of thioether (sulfide) groups is 1. The normalized spacial score (nSPS) is 14.4. The summed E-state index contributed by atoms with van der Waals surface area (Å²) in [7, 11) is 0. The molecule has 0 aliphatic heterocycles. The molecular weight excluding hydrogens is 490 g/mol. The van der Waals surface area contributed by atoms with Crippen molar-refractivity contribution in [1.29, 1.82) is 0 Å². The van der Waals surface area contributed by atoms with Gasteiger partial charge in [-0.3, -0.25) is 0 Å². The molecule has 0 bridgehead atoms. The zero-order valence-corrected chi connectivity index (χ0v) is 20.3. The number of hydrogen-bond acceptors (Lipinski definition) is 4. The number of H-pyrrole nitrogens is 1. The lowest BCUT2D eigenvalue weighted by atomic mass is 9.96. The Kier molecular flexibility index (Phi) is 7.07. The smallest absolute Gasteiger partial charge is 0.387 e. The van der Waals surface area contributed by atoms with Crippen LogP contribution in [0.4, 0.5) is 8.78 Å². The monoisotopic (exact) mass is 512 g/mol. The van der Waals surface area contributed by atoms with Crippen molar-refractivity contribution in [3.05, 3.63) is 77.1 Å². The molecule has 180 valence electrons. The molecule has 3 aromatic carbocycles. The summed E-state index contributed by atoms with van der Waals surface area (Å²) in [5, 5.41) is 0.377. The molecule has 0 radical (unpaired) electrons. The first-order chi connectivity index (χ1) is 17.0. The number of carbonyl (C=O) groups is 1. The molecule has 1 unspecified atom stereocenters. The van der Waals surface area contributed by atoms with Crippen molar-refractivity contribution >= 4 is 40.7 Å². The maximum Gasteiger partial charge on any atom is 0.387 e. The summed E-state index contributed by atoms with van der Waals surface area (Å²) in [5.74, 6) is 2.45. The molecule has 5 rings (SSSR count). The van der Waals surface area contributed by atoms with Gasteiger partial charge in [-0.2, -0.15) is 8.78 Å². The number of hydrogen-bond donors (Lipinski definition) is 1. The lowest BCUT2D eigenvalue weighted by Gasteiger charge is -2.12. The van der Waals surface area contributed by atoms with Gasteiger partial charge in [-0.25, -0.2) is 4.98 Å². The maximum absolute atomic E-state index is 12.9. The molecular formula is C27H23ClF2N2O2S. The van der Waals surface area contributed by atoms with Crippen LogP contribution in [0.5, 0.6) is 5.75 Å². The van der Waals surface area contributed by atoms with Gasteiger partial charge in [0.2, 0.25) is 0 Å². The Labute approximate surface area is 211 Å². The van der Waals surface area contributed by atoms with Gasteiger partial charge >= 0.3 is 6.61 Å². The number of nitrogens with zero attached hydrogens (tertiary/aromatic N) is 1. The Morgan fingerprint density at radius 1 is 1.11 bits per heavy atom. The number of alkyl halides is 2. The molecule has 1 N–H and O–H groups in total. The van der Waals surface area contributed by atoms with Crippen molar-refractivity contribution in [2.75, 3.05) is 5.75 Å². The lowest BCUT2D eigenvalue weighted by Crippen LogP contribution is -2.04. The number of imidazole rings is 1. The Morgan fingerprint density at radius 3 is 2.60 bits per heavy atom. The van der Waals surface area contributed by atoms with Crippen LogP contribution in [-0.2, 0) is 4.79 Å². The highest BCUT2D eigenvalue weighted by Gasteiger charge is 2.22. The second kappa shape index (κ2) is 10.4. The van der Waals surface area contributed by atoms with E-state index in [4.69, 9.17) is 16.6 Å². The quantitative estimate of drug-likeness (QED) is 0.175. The first-order valence-corrected chi connectivity index (χ1v) is 12.8. The summed E-state index contributed by atoms with van der Waals surface area (Å²) in [6.07, 6.45) is 3.83. The summed E-state index contributed by atoms with van der Waals surface area (Å²) in [5.41, 5.74) is 3.31. The third-order valence-corrected chi connectivity index (χ3v) is 7.67. The van der Waals surface area contributed by atoms with Crippen molar-refractivity contribution in [3.63, 3.8) is 0 Å². The van der Waals surface area contributed by atoms with E-state index in [9.17, 15) is 13.6 Å². The van der Waals surface area contributed by atoms with E-state index < -0.39 is 6.61 Å². The Morgan fingerprint density at radius 2 is 1.89 bits per heavy atom. The molecule has 35 heavy (non-hydrogen) atoms. The van der Waals surface area contributed by atoms with Gasteiger partial charge < -0.3 is 14.5 Å². The van der Waals surface area contributed by atoms with Crippen LogP contribution in [0, 0.1) is 5.92 Å². The van der Waals surface area contributed by atoms with Gasteiger partial charge in [0.05, 0.1) is 16.1 Å². The van der Waals surface area contributed by atoms with Crippen LogP contribution in [0.3, 0.4) is 0 Å². The van der Waals surface area contributed by atoms with E-state index in [0.717, 1.165) is 23.5 Å². The molecule has 4 aromatic rings. The predicted molar refractivity (Wildman–Crippen MR) is 136 cm³/mol. The third-order valence-electron chi connectivity index (χ3n) is 6.11. The summed E-state index contributed by atoms with van der Waals surface area (Å²) in [6.45, 7) is -2.95. The minimum atomic E-state index is -2.95. The summed E-state index contributed by atoms with van der Waals surface area (Å²) >= 11 is 8.40. The number of para-hydroxylation sites is 1. The number of aldehydes is 1. The topological polar surface area (TPSA) is 55.0 Å².